The highest BCUT2D eigenvalue weighted by Crippen LogP contribution is 2.21. The summed E-state index contributed by atoms with van der Waals surface area (Å²) in [5.74, 6) is 0. The molecule has 1 amide bonds. The van der Waals surface area contributed by atoms with Crippen molar-refractivity contribution in [2.24, 2.45) is 0 Å². The predicted molar refractivity (Wildman–Crippen MR) is 45.7 cm³/mol. The smallest absolute Gasteiger partial charge is 0.412 e. The number of nitrogens with one attached hydrogen (secondary N) is 1. The van der Waals surface area contributed by atoms with Crippen LogP contribution in [0.1, 0.15) is 5.69 Å². The van der Waals surface area contributed by atoms with E-state index in [2.05, 4.69) is 26.2 Å². The Kier molecular flexibility index (Phi) is 1.73. The van der Waals surface area contributed by atoms with E-state index in [-0.39, 0.29) is 6.61 Å². The van der Waals surface area contributed by atoms with Crippen LogP contribution in [0.2, 0.25) is 0 Å². The fraction of sp³-hybridized carbons (Fsp3) is 0.143. The van der Waals surface area contributed by atoms with Crippen molar-refractivity contribution in [3.63, 3.8) is 0 Å². The number of cyclic esters (lactones) is 1. The van der Waals surface area contributed by atoms with Gasteiger partial charge < -0.3 is 4.74 Å². The maximum Gasteiger partial charge on any atom is 0.412 e. The third-order valence-electron chi connectivity index (χ3n) is 1.52. The molecule has 0 saturated heterocycles. The number of hydrogen-bond acceptors (Lipinski definition) is 3. The Morgan fingerprint density at radius 3 is 3.25 bits per heavy atom. The fourth-order valence-corrected chi connectivity index (χ4v) is 1.32. The van der Waals surface area contributed by atoms with Gasteiger partial charge in [0.1, 0.15) is 16.9 Å². The summed E-state index contributed by atoms with van der Waals surface area (Å²) in [4.78, 5) is 14.9. The van der Waals surface area contributed by atoms with Gasteiger partial charge in [0.25, 0.3) is 0 Å². The van der Waals surface area contributed by atoms with Crippen LogP contribution in [-0.2, 0) is 11.3 Å². The molecule has 1 aliphatic heterocycles. The summed E-state index contributed by atoms with van der Waals surface area (Å²) in [5, 5.41) is 2.54. The molecule has 0 unspecified atom stereocenters. The van der Waals surface area contributed by atoms with Crippen molar-refractivity contribution in [1.82, 2.24) is 4.98 Å². The van der Waals surface area contributed by atoms with Gasteiger partial charge in [-0.05, 0) is 28.1 Å². The number of aromatic nitrogens is 1. The summed E-state index contributed by atoms with van der Waals surface area (Å²) in [6, 6.07) is 3.55. The molecule has 0 fully saturated rings. The molecule has 0 aromatic carbocycles. The Morgan fingerprint density at radius 2 is 2.42 bits per heavy atom. The van der Waals surface area contributed by atoms with Gasteiger partial charge in [0.15, 0.2) is 0 Å². The third-order valence-corrected chi connectivity index (χ3v) is 1.96. The zero-order valence-electron chi connectivity index (χ0n) is 6.00. The number of carbonyl (C=O) groups is 1. The zero-order chi connectivity index (χ0) is 8.55. The topological polar surface area (TPSA) is 51.2 Å². The summed E-state index contributed by atoms with van der Waals surface area (Å²) in [6.07, 6.45) is -0.424. The van der Waals surface area contributed by atoms with Crippen LogP contribution >= 0.6 is 15.9 Å². The van der Waals surface area contributed by atoms with Gasteiger partial charge in [0.2, 0.25) is 0 Å². The summed E-state index contributed by atoms with van der Waals surface area (Å²) in [6.45, 7) is 0.237. The number of halogens is 1. The molecular weight excluding hydrogens is 224 g/mol. The molecule has 0 aliphatic carbocycles. The number of carbonyl (C=O) groups excluding carboxylic acids is 1. The van der Waals surface area contributed by atoms with Gasteiger partial charge in [0.05, 0.1) is 5.69 Å². The molecule has 12 heavy (non-hydrogen) atoms. The van der Waals surface area contributed by atoms with Crippen molar-refractivity contribution < 1.29 is 9.53 Å². The largest absolute Gasteiger partial charge is 0.443 e. The number of amides is 1. The van der Waals surface area contributed by atoms with Gasteiger partial charge >= 0.3 is 6.09 Å². The van der Waals surface area contributed by atoms with Crippen LogP contribution in [0.25, 0.3) is 0 Å². The molecule has 62 valence electrons. The summed E-state index contributed by atoms with van der Waals surface area (Å²) < 4.78 is 5.46. The molecule has 1 aliphatic rings. The van der Waals surface area contributed by atoms with E-state index in [9.17, 15) is 4.79 Å². The van der Waals surface area contributed by atoms with E-state index in [1.165, 1.54) is 0 Å². The molecule has 1 N–H and O–H groups in total. The number of ether oxygens (including phenoxy) is 1. The van der Waals surface area contributed by atoms with E-state index in [4.69, 9.17) is 4.74 Å². The standard InChI is InChI=1S/C7H5BrN2O2/c8-6-2-1-4-5(9-6)3-12-7(11)10-4/h1-2H,3H2,(H,10,11). The maximum absolute atomic E-state index is 10.7. The molecule has 0 atom stereocenters. The average molecular weight is 229 g/mol. The van der Waals surface area contributed by atoms with Crippen LogP contribution in [0.5, 0.6) is 0 Å². The summed E-state index contributed by atoms with van der Waals surface area (Å²) >= 11 is 3.23. The van der Waals surface area contributed by atoms with Crippen molar-refractivity contribution in [1.29, 1.82) is 0 Å². The van der Waals surface area contributed by atoms with Gasteiger partial charge in [-0.3, -0.25) is 5.32 Å². The number of rotatable bonds is 0. The number of pyridine rings is 1. The minimum Gasteiger partial charge on any atom is -0.443 e. The Balaban J connectivity index is 2.43. The minimum atomic E-state index is -0.424. The Morgan fingerprint density at radius 1 is 1.58 bits per heavy atom. The van der Waals surface area contributed by atoms with Gasteiger partial charge in [-0.1, -0.05) is 0 Å². The van der Waals surface area contributed by atoms with Crippen LogP contribution in [0.15, 0.2) is 16.7 Å². The predicted octanol–water partition coefficient (Wildman–Crippen LogP) is 1.91. The van der Waals surface area contributed by atoms with E-state index in [1.807, 2.05) is 0 Å². The van der Waals surface area contributed by atoms with Crippen LogP contribution < -0.4 is 5.32 Å². The molecule has 0 spiro atoms. The highest BCUT2D eigenvalue weighted by Gasteiger charge is 2.16. The second-order valence-electron chi connectivity index (χ2n) is 2.33. The fourth-order valence-electron chi connectivity index (χ4n) is 0.978. The van der Waals surface area contributed by atoms with Crippen molar-refractivity contribution in [3.05, 3.63) is 22.4 Å². The molecule has 0 bridgehead atoms. The van der Waals surface area contributed by atoms with Gasteiger partial charge in [-0.2, -0.15) is 0 Å². The molecule has 2 heterocycles. The van der Waals surface area contributed by atoms with E-state index >= 15 is 0 Å². The number of anilines is 1. The van der Waals surface area contributed by atoms with E-state index in [1.54, 1.807) is 12.1 Å². The van der Waals surface area contributed by atoms with Crippen LogP contribution in [0.4, 0.5) is 10.5 Å². The van der Waals surface area contributed by atoms with Gasteiger partial charge in [-0.15, -0.1) is 0 Å². The first kappa shape index (κ1) is 7.54. The average Bonchev–Trinajstić information content (AvgIpc) is 2.05. The number of nitrogens with zero attached hydrogens (tertiary/aromatic N) is 1. The first-order valence-electron chi connectivity index (χ1n) is 3.35. The van der Waals surface area contributed by atoms with E-state index in [0.717, 1.165) is 16.0 Å². The van der Waals surface area contributed by atoms with Gasteiger partial charge in [-0.25, -0.2) is 9.78 Å². The number of hydrogen-bond donors (Lipinski definition) is 1. The molecule has 2 rings (SSSR count). The highest BCUT2D eigenvalue weighted by atomic mass is 79.9. The van der Waals surface area contributed by atoms with Crippen LogP contribution in [-0.4, -0.2) is 11.1 Å². The lowest BCUT2D eigenvalue weighted by molar-refractivity contribution is 0.149. The second-order valence-corrected chi connectivity index (χ2v) is 3.14. The molecular formula is C7H5BrN2O2. The molecule has 0 radical (unpaired) electrons. The molecule has 1 aromatic heterocycles. The SMILES string of the molecule is O=C1Nc2ccc(Br)nc2CO1. The zero-order valence-corrected chi connectivity index (χ0v) is 7.59. The van der Waals surface area contributed by atoms with Crippen molar-refractivity contribution in [2.45, 2.75) is 6.61 Å². The Hall–Kier alpha value is -1.10. The molecule has 1 aromatic rings. The molecule has 4 nitrogen and oxygen atoms in total. The van der Waals surface area contributed by atoms with E-state index in [0.29, 0.717) is 0 Å². The Bertz CT molecular complexity index is 340. The monoisotopic (exact) mass is 228 g/mol. The van der Waals surface area contributed by atoms with Crippen LogP contribution in [0.3, 0.4) is 0 Å². The lowest BCUT2D eigenvalue weighted by Crippen LogP contribution is -2.21. The summed E-state index contributed by atoms with van der Waals surface area (Å²) in [7, 11) is 0. The maximum atomic E-state index is 10.7. The normalized spacial score (nSPS) is 14.6. The van der Waals surface area contributed by atoms with Crippen molar-refractivity contribution in [2.75, 3.05) is 5.32 Å². The lowest BCUT2D eigenvalue weighted by atomic mass is 10.3. The minimum absolute atomic E-state index is 0.237. The van der Waals surface area contributed by atoms with Crippen molar-refractivity contribution in [3.8, 4) is 0 Å². The molecule has 0 saturated carbocycles. The second kappa shape index (κ2) is 2.75. The summed E-state index contributed by atoms with van der Waals surface area (Å²) in [5.41, 5.74) is 1.46. The first-order chi connectivity index (χ1) is 5.75. The first-order valence-corrected chi connectivity index (χ1v) is 4.14. The highest BCUT2D eigenvalue weighted by molar-refractivity contribution is 9.10. The lowest BCUT2D eigenvalue weighted by Gasteiger charge is -2.15. The van der Waals surface area contributed by atoms with Crippen LogP contribution in [0, 0.1) is 0 Å². The van der Waals surface area contributed by atoms with Gasteiger partial charge in [0, 0.05) is 0 Å². The van der Waals surface area contributed by atoms with Crippen molar-refractivity contribution >= 4 is 27.7 Å². The molecule has 5 heteroatoms. The third kappa shape index (κ3) is 1.27. The Labute approximate surface area is 77.1 Å². The van der Waals surface area contributed by atoms with E-state index < -0.39 is 6.09 Å². The number of fused-ring (bicyclic) bond motifs is 1. The quantitative estimate of drug-likeness (QED) is 0.691.